The van der Waals surface area contributed by atoms with Gasteiger partial charge in [0.2, 0.25) is 6.17 Å². The standard InChI is InChI=1S/C21H16N4O2S/c1-27-21(26)19(12-18-11-17(13-28-18)20-22-24-25-23-20)16-9-7-15(8-10-16)14-5-3-2-4-6-14/h2-13,20H,1H3/b19-12+. The summed E-state index contributed by atoms with van der Waals surface area (Å²) in [7, 11) is 1.38. The number of methoxy groups -OCH3 is 1. The Kier molecular flexibility index (Phi) is 5.16. The van der Waals surface area contributed by atoms with Crippen molar-refractivity contribution in [2.75, 3.05) is 7.11 Å². The van der Waals surface area contributed by atoms with Crippen LogP contribution >= 0.6 is 11.3 Å². The molecule has 2 aromatic carbocycles. The molecule has 0 saturated carbocycles. The number of hydrogen-bond donors (Lipinski definition) is 0. The van der Waals surface area contributed by atoms with Gasteiger partial charge in [0.25, 0.3) is 0 Å². The van der Waals surface area contributed by atoms with Crippen LogP contribution in [0.25, 0.3) is 22.8 Å². The van der Waals surface area contributed by atoms with Crippen molar-refractivity contribution >= 4 is 29.0 Å². The van der Waals surface area contributed by atoms with Gasteiger partial charge in [0.15, 0.2) is 0 Å². The van der Waals surface area contributed by atoms with Crippen molar-refractivity contribution in [3.8, 4) is 11.1 Å². The third-order valence-electron chi connectivity index (χ3n) is 4.30. The van der Waals surface area contributed by atoms with Crippen LogP contribution in [-0.4, -0.2) is 13.1 Å². The van der Waals surface area contributed by atoms with Gasteiger partial charge in [-0.2, -0.15) is 0 Å². The monoisotopic (exact) mass is 388 g/mol. The molecule has 0 unspecified atom stereocenters. The fourth-order valence-electron chi connectivity index (χ4n) is 2.87. The largest absolute Gasteiger partial charge is 0.465 e. The van der Waals surface area contributed by atoms with E-state index in [1.165, 1.54) is 18.4 Å². The van der Waals surface area contributed by atoms with E-state index in [1.54, 1.807) is 0 Å². The maximum Gasteiger partial charge on any atom is 0.338 e. The van der Waals surface area contributed by atoms with Crippen LogP contribution in [0.4, 0.5) is 0 Å². The van der Waals surface area contributed by atoms with Gasteiger partial charge in [0.05, 0.1) is 12.7 Å². The van der Waals surface area contributed by atoms with E-state index in [9.17, 15) is 4.79 Å². The van der Waals surface area contributed by atoms with E-state index < -0.39 is 6.17 Å². The Morgan fingerprint density at radius 2 is 1.68 bits per heavy atom. The van der Waals surface area contributed by atoms with Crippen LogP contribution in [0.15, 0.2) is 86.7 Å². The normalized spacial score (nSPS) is 13.8. The van der Waals surface area contributed by atoms with Crippen molar-refractivity contribution in [2.45, 2.75) is 6.17 Å². The highest BCUT2D eigenvalue weighted by atomic mass is 32.1. The molecule has 0 spiro atoms. The molecule has 1 aliphatic heterocycles. The number of carbonyl (C=O) groups excluding carboxylic acids is 1. The zero-order valence-corrected chi connectivity index (χ0v) is 15.8. The van der Waals surface area contributed by atoms with Crippen LogP contribution < -0.4 is 0 Å². The molecule has 0 fully saturated rings. The third kappa shape index (κ3) is 3.79. The predicted molar refractivity (Wildman–Crippen MR) is 109 cm³/mol. The molecular formula is C21H16N4O2S. The lowest BCUT2D eigenvalue weighted by Gasteiger charge is -2.07. The molecule has 4 rings (SSSR count). The summed E-state index contributed by atoms with van der Waals surface area (Å²) in [5.74, 6) is -0.386. The number of hydrogen-bond acceptors (Lipinski definition) is 7. The second-order valence-corrected chi connectivity index (χ2v) is 7.00. The lowest BCUT2D eigenvalue weighted by molar-refractivity contribution is -0.133. The summed E-state index contributed by atoms with van der Waals surface area (Å²) >= 11 is 1.50. The molecule has 0 N–H and O–H groups in total. The molecule has 1 aliphatic rings. The summed E-state index contributed by atoms with van der Waals surface area (Å²) in [5, 5.41) is 16.9. The molecule has 138 valence electrons. The average Bonchev–Trinajstić information content (AvgIpc) is 3.44. The first-order valence-electron chi connectivity index (χ1n) is 8.59. The van der Waals surface area contributed by atoms with E-state index in [0.29, 0.717) is 5.57 Å². The predicted octanol–water partition coefficient (Wildman–Crippen LogP) is 5.96. The molecule has 0 aliphatic carbocycles. The van der Waals surface area contributed by atoms with Gasteiger partial charge in [-0.3, -0.25) is 0 Å². The van der Waals surface area contributed by atoms with Gasteiger partial charge in [-0.15, -0.1) is 21.6 Å². The summed E-state index contributed by atoms with van der Waals surface area (Å²) in [6.07, 6.45) is 1.42. The van der Waals surface area contributed by atoms with Crippen LogP contribution in [0.3, 0.4) is 0 Å². The van der Waals surface area contributed by atoms with Crippen molar-refractivity contribution in [1.82, 2.24) is 0 Å². The van der Waals surface area contributed by atoms with Gasteiger partial charge in [0, 0.05) is 10.4 Å². The van der Waals surface area contributed by atoms with Crippen molar-refractivity contribution < 1.29 is 9.53 Å². The van der Waals surface area contributed by atoms with E-state index in [1.807, 2.05) is 60.0 Å². The van der Waals surface area contributed by atoms with Gasteiger partial charge in [0.1, 0.15) is 0 Å². The van der Waals surface area contributed by atoms with Gasteiger partial charge in [-0.25, -0.2) is 4.79 Å². The lowest BCUT2D eigenvalue weighted by atomic mass is 10.00. The Balaban J connectivity index is 1.65. The summed E-state index contributed by atoms with van der Waals surface area (Å²) in [4.78, 5) is 13.3. The first kappa shape index (κ1) is 17.9. The zero-order chi connectivity index (χ0) is 19.3. The maximum atomic E-state index is 12.4. The number of thiophene rings is 1. The third-order valence-corrected chi connectivity index (χ3v) is 5.19. The Labute approximate surface area is 165 Å². The Morgan fingerprint density at radius 1 is 1.00 bits per heavy atom. The molecule has 0 atom stereocenters. The van der Waals surface area contributed by atoms with Gasteiger partial charge in [-0.1, -0.05) is 54.6 Å². The number of carbonyl (C=O) groups is 1. The van der Waals surface area contributed by atoms with E-state index in [4.69, 9.17) is 4.74 Å². The average molecular weight is 388 g/mol. The lowest BCUT2D eigenvalue weighted by Crippen LogP contribution is -2.03. The number of ether oxygens (including phenoxy) is 1. The fraction of sp³-hybridized carbons (Fsp3) is 0.0952. The minimum atomic E-state index is -0.398. The molecule has 28 heavy (non-hydrogen) atoms. The van der Waals surface area contributed by atoms with E-state index in [0.717, 1.165) is 27.1 Å². The highest BCUT2D eigenvalue weighted by Gasteiger charge is 2.17. The van der Waals surface area contributed by atoms with Crippen LogP contribution in [0, 0.1) is 0 Å². The summed E-state index contributed by atoms with van der Waals surface area (Å²) in [5.41, 5.74) is 4.39. The molecular weight excluding hydrogens is 372 g/mol. The summed E-state index contributed by atoms with van der Waals surface area (Å²) in [6, 6.07) is 19.9. The molecule has 0 amide bonds. The first-order chi connectivity index (χ1) is 13.7. The Hall–Kier alpha value is -3.45. The SMILES string of the molecule is COC(=O)/C(=C/c1cc(C2N=NN=N2)cs1)c1ccc(-c2ccccc2)cc1. The van der Waals surface area contributed by atoms with E-state index >= 15 is 0 Å². The van der Waals surface area contributed by atoms with Crippen molar-refractivity contribution in [3.63, 3.8) is 0 Å². The number of esters is 1. The molecule has 0 bridgehead atoms. The van der Waals surface area contributed by atoms with Gasteiger partial charge in [-0.05, 0) is 44.7 Å². The second kappa shape index (κ2) is 8.06. The van der Waals surface area contributed by atoms with Crippen LogP contribution in [0.5, 0.6) is 0 Å². The molecule has 0 saturated heterocycles. The Bertz CT molecular complexity index is 1060. The molecule has 7 heteroatoms. The quantitative estimate of drug-likeness (QED) is 0.399. The van der Waals surface area contributed by atoms with Crippen LogP contribution in [-0.2, 0) is 9.53 Å². The first-order valence-corrected chi connectivity index (χ1v) is 9.47. The minimum Gasteiger partial charge on any atom is -0.465 e. The summed E-state index contributed by atoms with van der Waals surface area (Å²) in [6.45, 7) is 0. The molecule has 2 heterocycles. The van der Waals surface area contributed by atoms with Crippen LogP contribution in [0.2, 0.25) is 0 Å². The number of benzene rings is 2. The highest BCUT2D eigenvalue weighted by molar-refractivity contribution is 7.11. The second-order valence-electron chi connectivity index (χ2n) is 6.06. The molecule has 1 aromatic heterocycles. The van der Waals surface area contributed by atoms with Crippen molar-refractivity contribution in [3.05, 3.63) is 82.0 Å². The zero-order valence-electron chi connectivity index (χ0n) is 15.0. The van der Waals surface area contributed by atoms with Gasteiger partial charge < -0.3 is 4.74 Å². The Morgan fingerprint density at radius 3 is 2.36 bits per heavy atom. The maximum absolute atomic E-state index is 12.4. The molecule has 3 aromatic rings. The van der Waals surface area contributed by atoms with Crippen LogP contribution in [0.1, 0.15) is 22.2 Å². The highest BCUT2D eigenvalue weighted by Crippen LogP contribution is 2.31. The van der Waals surface area contributed by atoms with E-state index in [-0.39, 0.29) is 5.97 Å². The topological polar surface area (TPSA) is 75.7 Å². The molecule has 0 radical (unpaired) electrons. The van der Waals surface area contributed by atoms with E-state index in [2.05, 4.69) is 32.8 Å². The number of nitrogens with zero attached hydrogens (tertiary/aromatic N) is 4. The van der Waals surface area contributed by atoms with Gasteiger partial charge >= 0.3 is 5.97 Å². The van der Waals surface area contributed by atoms with Crippen molar-refractivity contribution in [1.29, 1.82) is 0 Å². The summed E-state index contributed by atoms with van der Waals surface area (Å²) < 4.78 is 4.99. The minimum absolute atomic E-state index is 0.386. The van der Waals surface area contributed by atoms with Crippen molar-refractivity contribution in [2.24, 2.45) is 20.7 Å². The fourth-order valence-corrected chi connectivity index (χ4v) is 3.72. The number of rotatable bonds is 5. The smallest absolute Gasteiger partial charge is 0.338 e. The molecule has 6 nitrogen and oxygen atoms in total.